The highest BCUT2D eigenvalue weighted by atomic mass is 19.4. The molecular formula is C10F18O3. The quantitative estimate of drug-likeness (QED) is 0.359. The van der Waals surface area contributed by atoms with Crippen molar-refractivity contribution >= 4 is 0 Å². The van der Waals surface area contributed by atoms with Gasteiger partial charge in [-0.1, -0.05) is 0 Å². The van der Waals surface area contributed by atoms with Gasteiger partial charge in [0.1, 0.15) is 0 Å². The van der Waals surface area contributed by atoms with E-state index >= 15 is 0 Å². The largest absolute Gasteiger partial charge is 0.459 e. The number of hydrogen-bond donors (Lipinski definition) is 0. The predicted octanol–water partition coefficient (Wildman–Crippen LogP) is 5.31. The Balaban J connectivity index is 2.81. The van der Waals surface area contributed by atoms with Crippen LogP contribution in [0.3, 0.4) is 0 Å². The molecule has 0 aromatic heterocycles. The molecule has 2 saturated heterocycles. The average Bonchev–Trinajstić information content (AvgIpc) is 3.24. The van der Waals surface area contributed by atoms with E-state index in [0.29, 0.717) is 0 Å². The molecule has 0 amide bonds. The molecule has 0 radical (unpaired) electrons. The van der Waals surface area contributed by atoms with Crippen molar-refractivity contribution in [2.24, 2.45) is 0 Å². The summed E-state index contributed by atoms with van der Waals surface area (Å²) in [6, 6.07) is 0. The van der Waals surface area contributed by atoms with Gasteiger partial charge in [0.25, 0.3) is 0 Å². The Bertz CT molecular complexity index is 697. The second-order valence-corrected chi connectivity index (χ2v) is 5.87. The Hall–Kier alpha value is -1.38. The fourth-order valence-corrected chi connectivity index (χ4v) is 2.03. The summed E-state index contributed by atoms with van der Waals surface area (Å²) in [4.78, 5) is 0. The lowest BCUT2D eigenvalue weighted by atomic mass is 9.99. The second-order valence-electron chi connectivity index (χ2n) is 5.87. The molecular weight excluding hydrogens is 510 g/mol. The summed E-state index contributed by atoms with van der Waals surface area (Å²) < 4.78 is 240. The lowest BCUT2D eigenvalue weighted by Gasteiger charge is -2.41. The van der Waals surface area contributed by atoms with Gasteiger partial charge in [0.05, 0.1) is 0 Å². The zero-order chi connectivity index (χ0) is 25.1. The Labute approximate surface area is 154 Å². The van der Waals surface area contributed by atoms with Crippen molar-refractivity contribution in [2.45, 2.75) is 59.8 Å². The molecule has 0 spiro atoms. The molecule has 2 fully saturated rings. The normalized spacial score (nSPS) is 34.6. The Morgan fingerprint density at radius 3 is 0.774 bits per heavy atom. The van der Waals surface area contributed by atoms with Crippen LogP contribution in [-0.2, 0) is 14.2 Å². The van der Waals surface area contributed by atoms with Crippen LogP contribution < -0.4 is 0 Å². The van der Waals surface area contributed by atoms with E-state index in [9.17, 15) is 79.0 Å². The first-order valence-corrected chi connectivity index (χ1v) is 6.63. The van der Waals surface area contributed by atoms with Crippen LogP contribution in [0.15, 0.2) is 0 Å². The van der Waals surface area contributed by atoms with Gasteiger partial charge in [-0.3, -0.25) is 14.2 Å². The van der Waals surface area contributed by atoms with E-state index in [1.807, 2.05) is 0 Å². The van der Waals surface area contributed by atoms with Crippen molar-refractivity contribution in [3.8, 4) is 0 Å². The summed E-state index contributed by atoms with van der Waals surface area (Å²) in [5.74, 6) is -45.3. The van der Waals surface area contributed by atoms with Gasteiger partial charge in [-0.05, 0) is 0 Å². The van der Waals surface area contributed by atoms with Crippen LogP contribution >= 0.6 is 0 Å². The molecule has 0 saturated carbocycles. The third-order valence-corrected chi connectivity index (χ3v) is 3.83. The molecule has 2 aliphatic heterocycles. The van der Waals surface area contributed by atoms with Gasteiger partial charge < -0.3 is 0 Å². The van der Waals surface area contributed by atoms with Gasteiger partial charge in [0.2, 0.25) is 0 Å². The van der Waals surface area contributed by atoms with Gasteiger partial charge in [-0.15, -0.1) is 0 Å². The fourth-order valence-electron chi connectivity index (χ4n) is 2.03. The van der Waals surface area contributed by atoms with Crippen LogP contribution in [0.5, 0.6) is 0 Å². The topological polar surface area (TPSA) is 34.3 Å². The minimum Gasteiger partial charge on any atom is -0.288 e. The molecule has 0 aromatic rings. The molecule has 2 heterocycles. The van der Waals surface area contributed by atoms with Crippen LogP contribution in [0, 0.1) is 0 Å². The Morgan fingerprint density at radius 1 is 0.452 bits per heavy atom. The van der Waals surface area contributed by atoms with E-state index < -0.39 is 59.8 Å². The summed E-state index contributed by atoms with van der Waals surface area (Å²) in [6.07, 6.45) is -28.1. The van der Waals surface area contributed by atoms with Gasteiger partial charge in [0.15, 0.2) is 0 Å². The number of epoxide rings is 2. The molecule has 0 N–H and O–H groups in total. The first-order chi connectivity index (χ1) is 13.1. The van der Waals surface area contributed by atoms with E-state index in [-0.39, 0.29) is 0 Å². The molecule has 2 aliphatic rings. The van der Waals surface area contributed by atoms with Gasteiger partial charge in [-0.25, -0.2) is 0 Å². The highest BCUT2D eigenvalue weighted by Gasteiger charge is 3.03. The monoisotopic (exact) mass is 510 g/mol. The maximum Gasteiger partial charge on any atom is 0.459 e. The molecule has 184 valence electrons. The zero-order valence-electron chi connectivity index (χ0n) is 13.0. The van der Waals surface area contributed by atoms with Crippen LogP contribution in [0.4, 0.5) is 79.0 Å². The van der Waals surface area contributed by atoms with Crippen LogP contribution in [0.25, 0.3) is 0 Å². The number of halogens is 18. The lowest BCUT2D eigenvalue weighted by Crippen LogP contribution is -2.72. The summed E-state index contributed by atoms with van der Waals surface area (Å²) >= 11 is 0. The van der Waals surface area contributed by atoms with Crippen molar-refractivity contribution in [3.05, 3.63) is 0 Å². The van der Waals surface area contributed by atoms with E-state index in [1.54, 1.807) is 4.74 Å². The van der Waals surface area contributed by atoms with E-state index in [4.69, 9.17) is 0 Å². The van der Waals surface area contributed by atoms with Crippen molar-refractivity contribution in [1.29, 1.82) is 0 Å². The van der Waals surface area contributed by atoms with Gasteiger partial charge in [-0.2, -0.15) is 79.0 Å². The lowest BCUT2D eigenvalue weighted by molar-refractivity contribution is -0.495. The minimum atomic E-state index is -8.06. The summed E-state index contributed by atoms with van der Waals surface area (Å²) in [6.45, 7) is 0. The average molecular weight is 510 g/mol. The van der Waals surface area contributed by atoms with E-state index in [2.05, 4.69) is 9.47 Å². The Morgan fingerprint density at radius 2 is 0.645 bits per heavy atom. The number of hydrogen-bond acceptors (Lipinski definition) is 3. The molecule has 0 aliphatic carbocycles. The standard InChI is InChI=1S/C10F18O3/c11-1(12,7(19,20)21)3(15,5(17)9(25,26)30-5)29-4(16,2(13,14)8(22,23)24)6(18)10(27,28)31-6. The summed E-state index contributed by atoms with van der Waals surface area (Å²) in [7, 11) is 0. The number of ether oxygens (including phenoxy) is 3. The minimum absolute atomic E-state index is 1.70. The highest BCUT2D eigenvalue weighted by molar-refractivity contribution is 5.18. The maximum atomic E-state index is 14.3. The van der Waals surface area contributed by atoms with E-state index in [0.717, 1.165) is 0 Å². The Kier molecular flexibility index (Phi) is 4.80. The molecule has 4 atom stereocenters. The van der Waals surface area contributed by atoms with Crippen molar-refractivity contribution in [3.63, 3.8) is 0 Å². The highest BCUT2D eigenvalue weighted by Crippen LogP contribution is 2.72. The second kappa shape index (κ2) is 5.75. The van der Waals surface area contributed by atoms with Crippen molar-refractivity contribution < 1.29 is 93.2 Å². The molecule has 2 rings (SSSR count). The molecule has 3 nitrogen and oxygen atoms in total. The smallest absolute Gasteiger partial charge is 0.288 e. The van der Waals surface area contributed by atoms with Crippen LogP contribution in [0.2, 0.25) is 0 Å². The summed E-state index contributed by atoms with van der Waals surface area (Å²) in [5, 5.41) is 0. The molecule has 0 bridgehead atoms. The van der Waals surface area contributed by atoms with E-state index in [1.165, 1.54) is 0 Å². The fraction of sp³-hybridized carbons (Fsp3) is 1.00. The van der Waals surface area contributed by atoms with Gasteiger partial charge in [0, 0.05) is 0 Å². The third-order valence-electron chi connectivity index (χ3n) is 3.83. The molecule has 0 aromatic carbocycles. The molecule has 21 heteroatoms. The number of alkyl halides is 18. The first-order valence-electron chi connectivity index (χ1n) is 6.63. The van der Waals surface area contributed by atoms with Crippen LogP contribution in [-0.4, -0.2) is 59.8 Å². The van der Waals surface area contributed by atoms with Crippen LogP contribution in [0.1, 0.15) is 0 Å². The summed E-state index contributed by atoms with van der Waals surface area (Å²) in [5.41, 5.74) is 0. The SMILES string of the molecule is FC(F)(F)C(F)(F)C(F)(OC(F)(C(F)(F)C(F)(F)F)C1(F)OC1(F)F)C1(F)OC1(F)F. The first kappa shape index (κ1) is 25.9. The maximum absolute atomic E-state index is 14.3. The molecule has 31 heavy (non-hydrogen) atoms. The van der Waals surface area contributed by atoms with Crippen molar-refractivity contribution in [1.82, 2.24) is 0 Å². The molecule has 4 unspecified atom stereocenters. The third kappa shape index (κ3) is 2.83. The van der Waals surface area contributed by atoms with Crippen molar-refractivity contribution in [2.75, 3.05) is 0 Å². The van der Waals surface area contributed by atoms with Gasteiger partial charge >= 0.3 is 59.8 Å². The zero-order valence-corrected chi connectivity index (χ0v) is 13.0. The number of rotatable bonds is 6. The predicted molar refractivity (Wildman–Crippen MR) is 50.5 cm³/mol.